The second kappa shape index (κ2) is 9.08. The number of hydrogen-bond acceptors (Lipinski definition) is 6. The molecule has 174 valence electrons. The van der Waals surface area contributed by atoms with E-state index >= 15 is 0 Å². The van der Waals surface area contributed by atoms with Gasteiger partial charge >= 0.3 is 0 Å². The summed E-state index contributed by atoms with van der Waals surface area (Å²) in [6.07, 6.45) is 2.83. The molecule has 8 heteroatoms. The predicted octanol–water partition coefficient (Wildman–Crippen LogP) is 5.13. The minimum atomic E-state index is -0.00453. The summed E-state index contributed by atoms with van der Waals surface area (Å²) in [7, 11) is 4.84. The Morgan fingerprint density at radius 1 is 1.03 bits per heavy atom. The maximum absolute atomic E-state index is 13.1. The molecule has 4 aromatic rings. The first kappa shape index (κ1) is 22.4. The SMILES string of the molecule is COCc1nn2cc3c(nc2c1-c1ccc(Cl)cc1)CC(c1ccc(OC)c(OC)c1)CC3=O. The number of aromatic nitrogens is 3. The second-order valence-electron chi connectivity index (χ2n) is 8.27. The van der Waals surface area contributed by atoms with E-state index in [0.29, 0.717) is 47.2 Å². The summed E-state index contributed by atoms with van der Waals surface area (Å²) in [5, 5.41) is 5.33. The van der Waals surface area contributed by atoms with E-state index < -0.39 is 0 Å². The molecule has 5 rings (SSSR count). The molecule has 0 saturated carbocycles. The standard InChI is InChI=1S/C26H24ClN3O4/c1-32-14-21-25(15-4-7-18(27)8-5-15)26-28-20-10-17(11-22(31)19(20)13-30(26)29-21)16-6-9-23(33-2)24(12-16)34-3/h4-9,12-13,17H,10-11,14H2,1-3H3. The van der Waals surface area contributed by atoms with E-state index in [9.17, 15) is 4.79 Å². The van der Waals surface area contributed by atoms with Crippen molar-refractivity contribution in [3.05, 3.63) is 76.2 Å². The van der Waals surface area contributed by atoms with Crippen LogP contribution in [-0.4, -0.2) is 41.7 Å². The fourth-order valence-electron chi connectivity index (χ4n) is 4.57. The van der Waals surface area contributed by atoms with Crippen molar-refractivity contribution in [2.24, 2.45) is 0 Å². The highest BCUT2D eigenvalue weighted by atomic mass is 35.5. The summed E-state index contributed by atoms with van der Waals surface area (Å²) in [4.78, 5) is 18.1. The van der Waals surface area contributed by atoms with Gasteiger partial charge in [0.25, 0.3) is 0 Å². The lowest BCUT2D eigenvalue weighted by molar-refractivity contribution is 0.0962. The quantitative estimate of drug-likeness (QED) is 0.383. The molecule has 2 heterocycles. The van der Waals surface area contributed by atoms with Gasteiger partial charge in [-0.05, 0) is 47.7 Å². The lowest BCUT2D eigenvalue weighted by Gasteiger charge is -2.24. The average Bonchev–Trinajstić information content (AvgIpc) is 3.20. The zero-order valence-electron chi connectivity index (χ0n) is 19.2. The Bertz CT molecular complexity index is 1380. The Balaban J connectivity index is 1.60. The Kier molecular flexibility index (Phi) is 5.98. The number of ketones is 1. The summed E-state index contributed by atoms with van der Waals surface area (Å²) >= 11 is 6.10. The van der Waals surface area contributed by atoms with Gasteiger partial charge in [-0.15, -0.1) is 0 Å². The first-order valence-electron chi connectivity index (χ1n) is 10.9. The minimum Gasteiger partial charge on any atom is -0.493 e. The van der Waals surface area contributed by atoms with Crippen molar-refractivity contribution in [1.82, 2.24) is 14.6 Å². The third-order valence-electron chi connectivity index (χ3n) is 6.23. The van der Waals surface area contributed by atoms with Crippen LogP contribution in [0.15, 0.2) is 48.7 Å². The smallest absolute Gasteiger partial charge is 0.166 e. The third kappa shape index (κ3) is 3.91. The van der Waals surface area contributed by atoms with Crippen LogP contribution in [0.4, 0.5) is 0 Å². The molecule has 0 saturated heterocycles. The van der Waals surface area contributed by atoms with E-state index in [1.807, 2.05) is 42.5 Å². The fourth-order valence-corrected chi connectivity index (χ4v) is 4.70. The summed E-state index contributed by atoms with van der Waals surface area (Å²) in [5.74, 6) is 1.35. The highest BCUT2D eigenvalue weighted by Gasteiger charge is 2.30. The first-order valence-corrected chi connectivity index (χ1v) is 11.3. The number of carbonyl (C=O) groups is 1. The highest BCUT2D eigenvalue weighted by molar-refractivity contribution is 6.30. The normalized spacial score (nSPS) is 15.4. The van der Waals surface area contributed by atoms with Crippen molar-refractivity contribution in [3.63, 3.8) is 0 Å². The molecule has 0 N–H and O–H groups in total. The van der Waals surface area contributed by atoms with Crippen molar-refractivity contribution in [2.75, 3.05) is 21.3 Å². The van der Waals surface area contributed by atoms with E-state index in [0.717, 1.165) is 28.1 Å². The van der Waals surface area contributed by atoms with Crippen molar-refractivity contribution < 1.29 is 19.0 Å². The molecule has 0 bridgehead atoms. The number of halogens is 1. The van der Waals surface area contributed by atoms with Crippen LogP contribution in [0.25, 0.3) is 16.8 Å². The third-order valence-corrected chi connectivity index (χ3v) is 6.48. The first-order chi connectivity index (χ1) is 16.5. The molecule has 0 spiro atoms. The molecule has 2 aromatic carbocycles. The average molecular weight is 478 g/mol. The van der Waals surface area contributed by atoms with E-state index in [1.54, 1.807) is 32.0 Å². The molecule has 0 radical (unpaired) electrons. The van der Waals surface area contributed by atoms with Gasteiger partial charge in [0.2, 0.25) is 0 Å². The van der Waals surface area contributed by atoms with E-state index in [-0.39, 0.29) is 11.7 Å². The maximum Gasteiger partial charge on any atom is 0.166 e. The Labute approximate surface area is 202 Å². The number of nitrogens with zero attached hydrogens (tertiary/aromatic N) is 3. The van der Waals surface area contributed by atoms with Gasteiger partial charge < -0.3 is 14.2 Å². The molecule has 0 amide bonds. The summed E-state index contributed by atoms with van der Waals surface area (Å²) < 4.78 is 17.9. The van der Waals surface area contributed by atoms with Crippen LogP contribution in [0.3, 0.4) is 0 Å². The van der Waals surface area contributed by atoms with Crippen molar-refractivity contribution in [2.45, 2.75) is 25.4 Å². The summed E-state index contributed by atoms with van der Waals surface area (Å²) in [6, 6.07) is 13.4. The Hall–Kier alpha value is -3.42. The van der Waals surface area contributed by atoms with Gasteiger partial charge in [-0.2, -0.15) is 5.10 Å². The monoisotopic (exact) mass is 477 g/mol. The molecule has 0 aliphatic heterocycles. The van der Waals surface area contributed by atoms with E-state index in [2.05, 4.69) is 5.10 Å². The highest BCUT2D eigenvalue weighted by Crippen LogP contribution is 2.38. The number of ether oxygens (including phenoxy) is 3. The zero-order chi connectivity index (χ0) is 23.8. The number of methoxy groups -OCH3 is 3. The molecular weight excluding hydrogens is 454 g/mol. The number of fused-ring (bicyclic) bond motifs is 2. The van der Waals surface area contributed by atoms with Crippen molar-refractivity contribution in [1.29, 1.82) is 0 Å². The number of rotatable bonds is 6. The van der Waals surface area contributed by atoms with Gasteiger partial charge in [0.05, 0.1) is 43.3 Å². The van der Waals surface area contributed by atoms with Crippen LogP contribution in [0.1, 0.15) is 39.6 Å². The lowest BCUT2D eigenvalue weighted by Crippen LogP contribution is -2.21. The molecule has 34 heavy (non-hydrogen) atoms. The van der Waals surface area contributed by atoms with E-state index in [4.69, 9.17) is 30.8 Å². The van der Waals surface area contributed by atoms with Crippen LogP contribution in [-0.2, 0) is 17.8 Å². The summed E-state index contributed by atoms with van der Waals surface area (Å²) in [5.41, 5.74) is 5.66. The van der Waals surface area contributed by atoms with Gasteiger partial charge in [-0.25, -0.2) is 9.50 Å². The Morgan fingerprint density at radius 3 is 2.50 bits per heavy atom. The number of hydrogen-bond donors (Lipinski definition) is 0. The molecule has 2 aromatic heterocycles. The Morgan fingerprint density at radius 2 is 1.79 bits per heavy atom. The molecular formula is C26H24ClN3O4. The second-order valence-corrected chi connectivity index (χ2v) is 8.71. The van der Waals surface area contributed by atoms with Crippen LogP contribution < -0.4 is 9.47 Å². The molecule has 1 aliphatic carbocycles. The van der Waals surface area contributed by atoms with Gasteiger partial charge in [-0.3, -0.25) is 4.79 Å². The summed E-state index contributed by atoms with van der Waals surface area (Å²) in [6.45, 7) is 0.328. The lowest BCUT2D eigenvalue weighted by atomic mass is 9.82. The zero-order valence-corrected chi connectivity index (χ0v) is 19.9. The topological polar surface area (TPSA) is 75.0 Å². The number of benzene rings is 2. The molecule has 7 nitrogen and oxygen atoms in total. The van der Waals surface area contributed by atoms with Gasteiger partial charge in [0, 0.05) is 24.8 Å². The maximum atomic E-state index is 13.1. The number of carbonyl (C=O) groups excluding carboxylic acids is 1. The van der Waals surface area contributed by atoms with Crippen molar-refractivity contribution >= 4 is 23.0 Å². The van der Waals surface area contributed by atoms with Crippen LogP contribution in [0.5, 0.6) is 11.5 Å². The largest absolute Gasteiger partial charge is 0.493 e. The fraction of sp³-hybridized carbons (Fsp3) is 0.269. The molecule has 1 unspecified atom stereocenters. The van der Waals surface area contributed by atoms with Crippen LogP contribution in [0, 0.1) is 0 Å². The van der Waals surface area contributed by atoms with Gasteiger partial charge in [-0.1, -0.05) is 29.8 Å². The minimum absolute atomic E-state index is 0.00453. The van der Waals surface area contributed by atoms with E-state index in [1.165, 1.54) is 0 Å². The van der Waals surface area contributed by atoms with Gasteiger partial charge in [0.1, 0.15) is 0 Å². The molecule has 0 fully saturated rings. The van der Waals surface area contributed by atoms with Crippen molar-refractivity contribution in [3.8, 4) is 22.6 Å². The number of Topliss-reactive ketones (excluding diaryl/α,β-unsaturated/α-hetero) is 1. The predicted molar refractivity (Wildman–Crippen MR) is 129 cm³/mol. The molecule has 1 atom stereocenters. The van der Waals surface area contributed by atoms with Crippen LogP contribution in [0.2, 0.25) is 5.02 Å². The molecule has 1 aliphatic rings. The van der Waals surface area contributed by atoms with Crippen LogP contribution >= 0.6 is 11.6 Å². The van der Waals surface area contributed by atoms with Gasteiger partial charge in [0.15, 0.2) is 22.9 Å².